The molecule has 19 heavy (non-hydrogen) atoms. The van der Waals surface area contributed by atoms with Gasteiger partial charge in [-0.3, -0.25) is 10.1 Å². The Bertz CT molecular complexity index is 602. The number of aromatic nitrogens is 2. The molecule has 2 rings (SSSR count). The van der Waals surface area contributed by atoms with E-state index in [0.717, 1.165) is 18.0 Å². The summed E-state index contributed by atoms with van der Waals surface area (Å²) in [5, 5.41) is 23.8. The maximum absolute atomic E-state index is 11.0. The number of rotatable bonds is 5. The van der Waals surface area contributed by atoms with Gasteiger partial charge in [0, 0.05) is 24.1 Å². The van der Waals surface area contributed by atoms with Crippen LogP contribution < -0.4 is 5.32 Å². The Morgan fingerprint density at radius 3 is 2.95 bits per heavy atom. The van der Waals surface area contributed by atoms with Crippen molar-refractivity contribution >= 4 is 28.6 Å². The Morgan fingerprint density at radius 2 is 2.26 bits per heavy atom. The quantitative estimate of drug-likeness (QED) is 0.677. The Balaban J connectivity index is 2.36. The maximum atomic E-state index is 11.0. The number of nitro groups is 1. The highest BCUT2D eigenvalue weighted by molar-refractivity contribution is 7.14. The molecular weight excluding hydrogens is 288 g/mol. The molecule has 0 saturated carbocycles. The molecule has 0 aliphatic carbocycles. The summed E-state index contributed by atoms with van der Waals surface area (Å²) < 4.78 is 0. The van der Waals surface area contributed by atoms with Crippen molar-refractivity contribution in [3.05, 3.63) is 38.3 Å². The summed E-state index contributed by atoms with van der Waals surface area (Å²) in [6.07, 6.45) is 0.746. The van der Waals surface area contributed by atoms with Crippen molar-refractivity contribution in [1.82, 2.24) is 15.5 Å². The number of nitrogens with one attached hydrogen (secondary N) is 1. The van der Waals surface area contributed by atoms with Crippen LogP contribution in [0.25, 0.3) is 10.6 Å². The number of likely N-dealkylation sites (N-methyl/N-ethyl adjacent to an activating group) is 1. The molecule has 0 spiro atoms. The van der Waals surface area contributed by atoms with Gasteiger partial charge in [-0.1, -0.05) is 22.9 Å². The van der Waals surface area contributed by atoms with E-state index in [2.05, 4.69) is 15.5 Å². The minimum atomic E-state index is -0.462. The van der Waals surface area contributed by atoms with Crippen LogP contribution in [0.5, 0.6) is 0 Å². The van der Waals surface area contributed by atoms with Crippen molar-refractivity contribution in [2.75, 3.05) is 13.6 Å². The molecule has 2 aromatic rings. The lowest BCUT2D eigenvalue weighted by molar-refractivity contribution is -0.384. The fourth-order valence-corrected chi connectivity index (χ4v) is 2.57. The topological polar surface area (TPSA) is 81.0 Å². The normalized spacial score (nSPS) is 10.6. The zero-order chi connectivity index (χ0) is 13.8. The molecule has 0 amide bonds. The summed E-state index contributed by atoms with van der Waals surface area (Å²) in [6, 6.07) is 4.53. The summed E-state index contributed by atoms with van der Waals surface area (Å²) in [5.74, 6) is 0. The van der Waals surface area contributed by atoms with E-state index in [4.69, 9.17) is 11.6 Å². The van der Waals surface area contributed by atoms with Crippen molar-refractivity contribution in [2.45, 2.75) is 6.42 Å². The number of halogens is 1. The predicted octanol–water partition coefficient (Wildman–Crippen LogP) is 2.53. The number of hydrogen-bond acceptors (Lipinski definition) is 6. The van der Waals surface area contributed by atoms with Gasteiger partial charge in [0.15, 0.2) is 5.01 Å². The van der Waals surface area contributed by atoms with Crippen LogP contribution in [-0.4, -0.2) is 28.7 Å². The standard InChI is InChI=1S/C11H11ClN4O2S/c1-13-5-4-10-14-15-11(19-10)8-3-2-7(12)6-9(8)16(17)18/h2-3,6,13H,4-5H2,1H3. The van der Waals surface area contributed by atoms with Gasteiger partial charge >= 0.3 is 0 Å². The van der Waals surface area contributed by atoms with Crippen LogP contribution in [0.4, 0.5) is 5.69 Å². The molecule has 0 radical (unpaired) electrons. The van der Waals surface area contributed by atoms with Gasteiger partial charge in [-0.25, -0.2) is 0 Å². The highest BCUT2D eigenvalue weighted by atomic mass is 35.5. The fourth-order valence-electron chi connectivity index (χ4n) is 1.53. The van der Waals surface area contributed by atoms with Gasteiger partial charge in [0.2, 0.25) is 0 Å². The number of nitro benzene ring substituents is 1. The third-order valence-electron chi connectivity index (χ3n) is 2.44. The van der Waals surface area contributed by atoms with Gasteiger partial charge in [-0.15, -0.1) is 10.2 Å². The Kier molecular flexibility index (Phi) is 4.41. The highest BCUT2D eigenvalue weighted by Crippen LogP contribution is 2.33. The Labute approximate surface area is 118 Å². The molecule has 0 aliphatic heterocycles. The predicted molar refractivity (Wildman–Crippen MR) is 74.6 cm³/mol. The van der Waals surface area contributed by atoms with E-state index < -0.39 is 4.92 Å². The van der Waals surface area contributed by atoms with Gasteiger partial charge < -0.3 is 5.32 Å². The van der Waals surface area contributed by atoms with Crippen molar-refractivity contribution in [3.63, 3.8) is 0 Å². The molecule has 0 bridgehead atoms. The summed E-state index contributed by atoms with van der Waals surface area (Å²) in [7, 11) is 1.85. The number of benzene rings is 1. The molecule has 0 atom stereocenters. The number of nitrogens with zero attached hydrogens (tertiary/aromatic N) is 3. The SMILES string of the molecule is CNCCc1nnc(-c2ccc(Cl)cc2[N+](=O)[O-])s1. The van der Waals surface area contributed by atoms with Gasteiger partial charge in [-0.2, -0.15) is 0 Å². The highest BCUT2D eigenvalue weighted by Gasteiger charge is 2.19. The fraction of sp³-hybridized carbons (Fsp3) is 0.273. The van der Waals surface area contributed by atoms with E-state index in [9.17, 15) is 10.1 Å². The molecule has 0 aliphatic rings. The van der Waals surface area contributed by atoms with E-state index in [0.29, 0.717) is 15.6 Å². The second-order valence-electron chi connectivity index (χ2n) is 3.77. The molecular formula is C11H11ClN4O2S. The van der Waals surface area contributed by atoms with Gasteiger partial charge in [0.1, 0.15) is 5.01 Å². The van der Waals surface area contributed by atoms with Gasteiger partial charge in [0.25, 0.3) is 5.69 Å². The van der Waals surface area contributed by atoms with E-state index in [-0.39, 0.29) is 5.69 Å². The molecule has 1 aromatic carbocycles. The van der Waals surface area contributed by atoms with E-state index in [1.165, 1.54) is 17.4 Å². The molecule has 0 saturated heterocycles. The summed E-state index contributed by atoms with van der Waals surface area (Å²) in [6.45, 7) is 0.789. The summed E-state index contributed by atoms with van der Waals surface area (Å²) in [4.78, 5) is 10.6. The first kappa shape index (κ1) is 13.9. The Hall–Kier alpha value is -1.57. The molecule has 1 aromatic heterocycles. The first-order valence-electron chi connectivity index (χ1n) is 5.53. The van der Waals surface area contributed by atoms with Crippen LogP contribution in [0.2, 0.25) is 5.02 Å². The van der Waals surface area contributed by atoms with Crippen molar-refractivity contribution < 1.29 is 4.92 Å². The van der Waals surface area contributed by atoms with Crippen molar-refractivity contribution in [2.24, 2.45) is 0 Å². The van der Waals surface area contributed by atoms with E-state index in [1.54, 1.807) is 12.1 Å². The smallest absolute Gasteiger partial charge is 0.281 e. The molecule has 8 heteroatoms. The minimum Gasteiger partial charge on any atom is -0.319 e. The summed E-state index contributed by atoms with van der Waals surface area (Å²) in [5.41, 5.74) is 0.395. The molecule has 100 valence electrons. The van der Waals surface area contributed by atoms with Gasteiger partial charge in [0.05, 0.1) is 10.5 Å². The minimum absolute atomic E-state index is 0.0520. The first-order valence-corrected chi connectivity index (χ1v) is 6.72. The van der Waals surface area contributed by atoms with Crippen LogP contribution in [0.15, 0.2) is 18.2 Å². The monoisotopic (exact) mass is 298 g/mol. The van der Waals surface area contributed by atoms with Crippen LogP contribution in [0.3, 0.4) is 0 Å². The summed E-state index contributed by atoms with van der Waals surface area (Å²) >= 11 is 7.13. The van der Waals surface area contributed by atoms with Crippen LogP contribution in [0, 0.1) is 10.1 Å². The Morgan fingerprint density at radius 1 is 1.47 bits per heavy atom. The number of hydrogen-bond donors (Lipinski definition) is 1. The second kappa shape index (κ2) is 6.05. The third kappa shape index (κ3) is 3.25. The van der Waals surface area contributed by atoms with Crippen molar-refractivity contribution in [1.29, 1.82) is 0 Å². The molecule has 1 heterocycles. The van der Waals surface area contributed by atoms with Crippen molar-refractivity contribution in [3.8, 4) is 10.6 Å². The molecule has 0 fully saturated rings. The van der Waals surface area contributed by atoms with Crippen LogP contribution >= 0.6 is 22.9 Å². The van der Waals surface area contributed by atoms with E-state index in [1.807, 2.05) is 7.05 Å². The first-order chi connectivity index (χ1) is 9.11. The van der Waals surface area contributed by atoms with E-state index >= 15 is 0 Å². The molecule has 0 unspecified atom stereocenters. The lowest BCUT2D eigenvalue weighted by atomic mass is 10.2. The average molecular weight is 299 g/mol. The molecule has 6 nitrogen and oxygen atoms in total. The average Bonchev–Trinajstić information content (AvgIpc) is 2.84. The largest absolute Gasteiger partial charge is 0.319 e. The zero-order valence-electron chi connectivity index (χ0n) is 10.1. The van der Waals surface area contributed by atoms with Gasteiger partial charge in [-0.05, 0) is 19.2 Å². The molecule has 1 N–H and O–H groups in total. The maximum Gasteiger partial charge on any atom is 0.281 e. The third-order valence-corrected chi connectivity index (χ3v) is 3.69. The second-order valence-corrected chi connectivity index (χ2v) is 5.27. The van der Waals surface area contributed by atoms with Crippen LogP contribution in [-0.2, 0) is 6.42 Å². The zero-order valence-corrected chi connectivity index (χ0v) is 11.7. The lowest BCUT2D eigenvalue weighted by Crippen LogP contribution is -2.09. The lowest BCUT2D eigenvalue weighted by Gasteiger charge is -1.99. The van der Waals surface area contributed by atoms with Crippen LogP contribution in [0.1, 0.15) is 5.01 Å².